The highest BCUT2D eigenvalue weighted by Crippen LogP contribution is 2.37. The van der Waals surface area contributed by atoms with E-state index in [1.807, 2.05) is 4.90 Å². The number of rotatable bonds is 2. The molecule has 1 aliphatic heterocycles. The Bertz CT molecular complexity index is 265. The molecule has 14 heavy (non-hydrogen) atoms. The molecule has 0 aliphatic carbocycles. The lowest BCUT2D eigenvalue weighted by molar-refractivity contribution is -0.131. The van der Waals surface area contributed by atoms with Gasteiger partial charge in [0.15, 0.2) is 0 Å². The zero-order valence-corrected chi connectivity index (χ0v) is 9.92. The van der Waals surface area contributed by atoms with Crippen LogP contribution in [0.4, 0.5) is 0 Å². The van der Waals surface area contributed by atoms with E-state index in [2.05, 4.69) is 41.2 Å². The Balaban J connectivity index is 2.98. The number of hydrogen-bond acceptors (Lipinski definition) is 1. The topological polar surface area (TPSA) is 20.3 Å². The van der Waals surface area contributed by atoms with Gasteiger partial charge in [-0.05, 0) is 19.8 Å². The fourth-order valence-corrected chi connectivity index (χ4v) is 1.80. The monoisotopic (exact) mass is 195 g/mol. The van der Waals surface area contributed by atoms with Gasteiger partial charge in [-0.2, -0.15) is 0 Å². The maximum absolute atomic E-state index is 11.8. The van der Waals surface area contributed by atoms with Crippen LogP contribution in [0.15, 0.2) is 12.3 Å². The van der Waals surface area contributed by atoms with Crippen molar-refractivity contribution in [3.63, 3.8) is 0 Å². The van der Waals surface area contributed by atoms with Crippen LogP contribution in [0.1, 0.15) is 41.0 Å². The third-order valence-corrected chi connectivity index (χ3v) is 3.58. The molecule has 0 N–H and O–H groups in total. The summed E-state index contributed by atoms with van der Waals surface area (Å²) in [5.74, 6) is 0.968. The SMILES string of the molecule is C=C1C(C)CC(=O)N1C(C)(C)C(C)C. The molecule has 0 aromatic heterocycles. The fraction of sp³-hybridized carbons (Fsp3) is 0.750. The molecular formula is C12H21NO. The minimum Gasteiger partial charge on any atom is -0.311 e. The van der Waals surface area contributed by atoms with E-state index in [1.165, 1.54) is 0 Å². The first-order valence-electron chi connectivity index (χ1n) is 5.30. The van der Waals surface area contributed by atoms with Gasteiger partial charge in [0.25, 0.3) is 0 Å². The Morgan fingerprint density at radius 3 is 2.29 bits per heavy atom. The molecule has 1 heterocycles. The average Bonchev–Trinajstić information content (AvgIpc) is 2.26. The Morgan fingerprint density at radius 2 is 2.00 bits per heavy atom. The van der Waals surface area contributed by atoms with Gasteiger partial charge in [0.1, 0.15) is 0 Å². The molecule has 1 saturated heterocycles. The van der Waals surface area contributed by atoms with Crippen molar-refractivity contribution in [2.45, 2.75) is 46.6 Å². The highest BCUT2D eigenvalue weighted by Gasteiger charge is 2.41. The molecular weight excluding hydrogens is 174 g/mol. The molecule has 1 fully saturated rings. The first-order valence-corrected chi connectivity index (χ1v) is 5.30. The number of carbonyl (C=O) groups is 1. The summed E-state index contributed by atoms with van der Waals surface area (Å²) in [6.07, 6.45) is 0.620. The standard InChI is InChI=1S/C12H21NO/c1-8(2)12(5,6)13-10(4)9(3)7-11(13)14/h8-9H,4,7H2,1-3,5-6H3. The number of amides is 1. The van der Waals surface area contributed by atoms with Gasteiger partial charge in [-0.3, -0.25) is 4.79 Å². The minimum absolute atomic E-state index is 0.112. The first kappa shape index (κ1) is 11.3. The van der Waals surface area contributed by atoms with Crippen molar-refractivity contribution >= 4 is 5.91 Å². The lowest BCUT2D eigenvalue weighted by Gasteiger charge is -2.40. The molecule has 1 aliphatic rings. The summed E-state index contributed by atoms with van der Waals surface area (Å²) in [6.45, 7) is 14.6. The molecule has 1 amide bonds. The highest BCUT2D eigenvalue weighted by atomic mass is 16.2. The smallest absolute Gasteiger partial charge is 0.227 e. The molecule has 1 unspecified atom stereocenters. The van der Waals surface area contributed by atoms with Crippen LogP contribution in [-0.4, -0.2) is 16.3 Å². The van der Waals surface area contributed by atoms with E-state index in [0.29, 0.717) is 18.3 Å². The Labute approximate surface area is 87.0 Å². The molecule has 1 rings (SSSR count). The normalized spacial score (nSPS) is 23.9. The van der Waals surface area contributed by atoms with Crippen LogP contribution in [0.2, 0.25) is 0 Å². The molecule has 0 bridgehead atoms. The third kappa shape index (κ3) is 1.58. The number of carbonyl (C=O) groups excluding carboxylic acids is 1. The number of likely N-dealkylation sites (tertiary alicyclic amines) is 1. The Hall–Kier alpha value is -0.790. The highest BCUT2D eigenvalue weighted by molar-refractivity contribution is 5.82. The van der Waals surface area contributed by atoms with Gasteiger partial charge in [-0.25, -0.2) is 0 Å². The lowest BCUT2D eigenvalue weighted by Crippen LogP contribution is -2.47. The summed E-state index contributed by atoms with van der Waals surface area (Å²) in [4.78, 5) is 13.7. The second kappa shape index (κ2) is 3.41. The summed E-state index contributed by atoms with van der Waals surface area (Å²) in [6, 6.07) is 0. The Morgan fingerprint density at radius 1 is 1.50 bits per heavy atom. The predicted molar refractivity (Wildman–Crippen MR) is 58.7 cm³/mol. The van der Waals surface area contributed by atoms with Crippen molar-refractivity contribution in [2.75, 3.05) is 0 Å². The van der Waals surface area contributed by atoms with E-state index in [9.17, 15) is 4.79 Å². The van der Waals surface area contributed by atoms with Gasteiger partial charge in [0.05, 0.1) is 0 Å². The molecule has 0 aromatic rings. The van der Waals surface area contributed by atoms with E-state index in [4.69, 9.17) is 0 Å². The molecule has 0 aromatic carbocycles. The van der Waals surface area contributed by atoms with Crippen molar-refractivity contribution in [1.29, 1.82) is 0 Å². The Kier molecular flexibility index (Phi) is 2.75. The zero-order valence-electron chi connectivity index (χ0n) is 9.92. The van der Waals surface area contributed by atoms with Crippen molar-refractivity contribution in [3.05, 3.63) is 12.3 Å². The molecule has 2 heteroatoms. The summed E-state index contributed by atoms with van der Waals surface area (Å²) >= 11 is 0. The van der Waals surface area contributed by atoms with E-state index in [-0.39, 0.29) is 11.4 Å². The molecule has 0 radical (unpaired) electrons. The van der Waals surface area contributed by atoms with Crippen molar-refractivity contribution < 1.29 is 4.79 Å². The largest absolute Gasteiger partial charge is 0.311 e. The van der Waals surface area contributed by atoms with E-state index in [1.54, 1.807) is 0 Å². The van der Waals surface area contributed by atoms with Gasteiger partial charge in [0, 0.05) is 23.6 Å². The minimum atomic E-state index is -0.112. The van der Waals surface area contributed by atoms with Crippen molar-refractivity contribution in [3.8, 4) is 0 Å². The van der Waals surface area contributed by atoms with Gasteiger partial charge >= 0.3 is 0 Å². The van der Waals surface area contributed by atoms with Crippen LogP contribution in [0, 0.1) is 11.8 Å². The third-order valence-electron chi connectivity index (χ3n) is 3.58. The van der Waals surface area contributed by atoms with Crippen molar-refractivity contribution in [2.24, 2.45) is 11.8 Å². The van der Waals surface area contributed by atoms with Crippen LogP contribution < -0.4 is 0 Å². The van der Waals surface area contributed by atoms with Crippen molar-refractivity contribution in [1.82, 2.24) is 4.90 Å². The number of allylic oxidation sites excluding steroid dienone is 1. The van der Waals surface area contributed by atoms with Gasteiger partial charge in [-0.15, -0.1) is 0 Å². The summed E-state index contributed by atoms with van der Waals surface area (Å²) < 4.78 is 0. The molecule has 0 spiro atoms. The summed E-state index contributed by atoms with van der Waals surface area (Å²) in [5.41, 5.74) is 0.868. The van der Waals surface area contributed by atoms with Gasteiger partial charge < -0.3 is 4.90 Å². The van der Waals surface area contributed by atoms with E-state index in [0.717, 1.165) is 5.70 Å². The van der Waals surface area contributed by atoms with Crippen LogP contribution in [0.25, 0.3) is 0 Å². The quantitative estimate of drug-likeness (QED) is 0.663. The average molecular weight is 195 g/mol. The van der Waals surface area contributed by atoms with Crippen LogP contribution in [0.5, 0.6) is 0 Å². The first-order chi connectivity index (χ1) is 6.28. The summed E-state index contributed by atoms with van der Waals surface area (Å²) in [7, 11) is 0. The lowest BCUT2D eigenvalue weighted by atomic mass is 9.88. The summed E-state index contributed by atoms with van der Waals surface area (Å²) in [5, 5.41) is 0. The fourth-order valence-electron chi connectivity index (χ4n) is 1.80. The second-order valence-corrected chi connectivity index (χ2v) is 5.13. The number of nitrogens with zero attached hydrogens (tertiary/aromatic N) is 1. The van der Waals surface area contributed by atoms with Crippen LogP contribution in [0.3, 0.4) is 0 Å². The second-order valence-electron chi connectivity index (χ2n) is 5.13. The molecule has 0 saturated carbocycles. The molecule has 80 valence electrons. The van der Waals surface area contributed by atoms with Gasteiger partial charge in [-0.1, -0.05) is 27.4 Å². The van der Waals surface area contributed by atoms with Crippen LogP contribution in [-0.2, 0) is 4.79 Å². The number of hydrogen-bond donors (Lipinski definition) is 0. The van der Waals surface area contributed by atoms with E-state index < -0.39 is 0 Å². The molecule has 1 atom stereocenters. The van der Waals surface area contributed by atoms with E-state index >= 15 is 0 Å². The molecule has 2 nitrogen and oxygen atoms in total. The maximum Gasteiger partial charge on any atom is 0.227 e. The predicted octanol–water partition coefficient (Wildman–Crippen LogP) is 2.80. The zero-order chi connectivity index (χ0) is 11.1. The maximum atomic E-state index is 11.8. The van der Waals surface area contributed by atoms with Crippen LogP contribution >= 0.6 is 0 Å². The van der Waals surface area contributed by atoms with Gasteiger partial charge in [0.2, 0.25) is 5.91 Å².